The molecule has 6 heteroatoms. The van der Waals surface area contributed by atoms with Crippen molar-refractivity contribution in [1.29, 1.82) is 0 Å². The van der Waals surface area contributed by atoms with Crippen LogP contribution < -0.4 is 0 Å². The second kappa shape index (κ2) is 13.7. The van der Waals surface area contributed by atoms with Gasteiger partial charge in [0.25, 0.3) is 0 Å². The van der Waals surface area contributed by atoms with E-state index in [1.54, 1.807) is 5.57 Å². The fourth-order valence-electron chi connectivity index (χ4n) is 7.95. The summed E-state index contributed by atoms with van der Waals surface area (Å²) in [6.07, 6.45) is 16.0. The molecule has 0 heterocycles. The van der Waals surface area contributed by atoms with Crippen molar-refractivity contribution in [1.82, 2.24) is 0 Å². The lowest BCUT2D eigenvalue weighted by molar-refractivity contribution is -0.148. The van der Waals surface area contributed by atoms with Crippen LogP contribution in [0.2, 0.25) is 18.1 Å². The van der Waals surface area contributed by atoms with E-state index in [1.807, 2.05) is 13.8 Å². The van der Waals surface area contributed by atoms with E-state index in [0.717, 1.165) is 31.6 Å². The fourth-order valence-corrected chi connectivity index (χ4v) is 9.50. The van der Waals surface area contributed by atoms with Crippen LogP contribution in [-0.2, 0) is 14.0 Å². The van der Waals surface area contributed by atoms with E-state index in [0.29, 0.717) is 23.2 Å². The smallest absolute Gasteiger partial charge is 0.316 e. The largest absolute Gasteiger partial charge is 0.461 e. The van der Waals surface area contributed by atoms with E-state index >= 15 is 0 Å². The number of rotatable bonds is 10. The van der Waals surface area contributed by atoms with Gasteiger partial charge in [-0.3, -0.25) is 4.79 Å². The summed E-state index contributed by atoms with van der Waals surface area (Å²) in [6, 6.07) is 0. The van der Waals surface area contributed by atoms with Crippen molar-refractivity contribution in [3.63, 3.8) is 0 Å². The van der Waals surface area contributed by atoms with Crippen molar-refractivity contribution in [2.24, 2.45) is 29.1 Å². The number of hydrogen-bond acceptors (Lipinski definition) is 4. The Balaban J connectivity index is 1.80. The van der Waals surface area contributed by atoms with Gasteiger partial charge in [0, 0.05) is 18.8 Å². The lowest BCUT2D eigenvalue weighted by atomic mass is 9.60. The van der Waals surface area contributed by atoms with Gasteiger partial charge in [-0.25, -0.2) is 0 Å². The van der Waals surface area contributed by atoms with E-state index in [1.165, 1.54) is 44.1 Å². The Morgan fingerprint density at radius 1 is 1.17 bits per heavy atom. The maximum atomic E-state index is 12.2. The molecule has 0 aromatic heterocycles. The zero-order valence-electron chi connectivity index (χ0n) is 27.9. The van der Waals surface area contributed by atoms with E-state index in [-0.39, 0.29) is 28.5 Å². The molecule has 4 nitrogen and oxygen atoms in total. The first kappa shape index (κ1) is 35.1. The SMILES string of the molecule is CC1/C(=C\C=C2/CCC[C@@]3(C)C2CC[C@@H]3C(C)CCCC(C)(C)O)C[C@@H](OC(=O)CBr)C[C@@H]1O[Si](C)(C)C(C)(C)C. The fraction of sp³-hybridized carbons (Fsp3) is 0.857. The molecule has 7 atom stereocenters. The zero-order valence-corrected chi connectivity index (χ0v) is 30.5. The molecule has 0 radical (unpaired) electrons. The molecule has 0 aromatic carbocycles. The number of esters is 1. The van der Waals surface area contributed by atoms with Crippen LogP contribution in [0.1, 0.15) is 120 Å². The Bertz CT molecular complexity index is 958. The van der Waals surface area contributed by atoms with E-state index in [2.05, 4.69) is 82.7 Å². The maximum absolute atomic E-state index is 12.2. The first-order chi connectivity index (χ1) is 18.9. The number of hydrogen-bond donors (Lipinski definition) is 1. The van der Waals surface area contributed by atoms with Crippen molar-refractivity contribution in [2.75, 3.05) is 5.33 Å². The molecule has 41 heavy (non-hydrogen) atoms. The minimum atomic E-state index is -1.97. The normalized spacial score (nSPS) is 34.1. The van der Waals surface area contributed by atoms with Crippen molar-refractivity contribution < 1.29 is 19.1 Å². The van der Waals surface area contributed by atoms with Crippen LogP contribution in [0, 0.1) is 29.1 Å². The van der Waals surface area contributed by atoms with Gasteiger partial charge in [0.15, 0.2) is 8.32 Å². The van der Waals surface area contributed by atoms with Crippen molar-refractivity contribution >= 4 is 30.2 Å². The van der Waals surface area contributed by atoms with Gasteiger partial charge in [0.1, 0.15) is 11.4 Å². The number of allylic oxidation sites excluding steroid dienone is 3. The Morgan fingerprint density at radius 2 is 1.83 bits per heavy atom. The number of alkyl halides is 1. The minimum Gasteiger partial charge on any atom is -0.461 e. The maximum Gasteiger partial charge on any atom is 0.316 e. The molecule has 0 aliphatic heterocycles. The number of fused-ring (bicyclic) bond motifs is 1. The zero-order chi connectivity index (χ0) is 30.8. The quantitative estimate of drug-likeness (QED) is 0.145. The predicted octanol–water partition coefficient (Wildman–Crippen LogP) is 9.76. The third kappa shape index (κ3) is 8.82. The average molecular weight is 654 g/mol. The molecule has 1 N–H and O–H groups in total. The number of halogens is 1. The van der Waals surface area contributed by atoms with Gasteiger partial charge in [-0.2, -0.15) is 0 Å². The number of carbonyl (C=O) groups is 1. The van der Waals surface area contributed by atoms with Gasteiger partial charge in [0.2, 0.25) is 0 Å². The standard InChI is InChI=1S/C35H61BrO4Si/c1-24(13-11-19-34(6,7)38)29-17-18-30-26(14-12-20-35(29,30)8)15-16-27-21-28(39-32(37)23-36)22-31(25(27)2)40-41(9,10)33(3,4)5/h15-16,24-25,28-31,38H,11-14,17-23H2,1-10H3/b26-15+,27-16-/t24?,25?,28-,29-,30?,31+,35-/m1/s1. The molecular weight excluding hydrogens is 592 g/mol. The highest BCUT2D eigenvalue weighted by atomic mass is 79.9. The van der Waals surface area contributed by atoms with Crippen LogP contribution in [0.3, 0.4) is 0 Å². The Kier molecular flexibility index (Phi) is 11.7. The molecule has 0 amide bonds. The third-order valence-electron chi connectivity index (χ3n) is 11.4. The average Bonchev–Trinajstić information content (AvgIpc) is 3.20. The first-order valence-electron chi connectivity index (χ1n) is 16.4. The lowest BCUT2D eigenvalue weighted by Crippen LogP contribution is -2.48. The van der Waals surface area contributed by atoms with E-state index < -0.39 is 13.9 Å². The summed E-state index contributed by atoms with van der Waals surface area (Å²) in [4.78, 5) is 12.2. The van der Waals surface area contributed by atoms with Gasteiger partial charge in [-0.15, -0.1) is 0 Å². The molecule has 0 saturated heterocycles. The monoisotopic (exact) mass is 652 g/mol. The summed E-state index contributed by atoms with van der Waals surface area (Å²) in [6.45, 7) is 22.7. The van der Waals surface area contributed by atoms with Crippen LogP contribution in [0.15, 0.2) is 23.3 Å². The Labute approximate surface area is 261 Å². The van der Waals surface area contributed by atoms with Crippen molar-refractivity contribution in [3.05, 3.63) is 23.3 Å². The highest BCUT2D eigenvalue weighted by molar-refractivity contribution is 9.09. The summed E-state index contributed by atoms with van der Waals surface area (Å²) < 4.78 is 12.9. The van der Waals surface area contributed by atoms with Gasteiger partial charge >= 0.3 is 5.97 Å². The molecule has 236 valence electrons. The van der Waals surface area contributed by atoms with Crippen LogP contribution in [0.4, 0.5) is 0 Å². The van der Waals surface area contributed by atoms with Crippen molar-refractivity contribution in [2.45, 2.75) is 156 Å². The van der Waals surface area contributed by atoms with Crippen LogP contribution in [0.25, 0.3) is 0 Å². The van der Waals surface area contributed by atoms with E-state index in [9.17, 15) is 9.90 Å². The molecule has 3 saturated carbocycles. The molecule has 3 rings (SSSR count). The number of carbonyl (C=O) groups excluding carboxylic acids is 1. The Morgan fingerprint density at radius 3 is 2.44 bits per heavy atom. The molecule has 3 fully saturated rings. The van der Waals surface area contributed by atoms with Crippen LogP contribution >= 0.6 is 15.9 Å². The first-order valence-corrected chi connectivity index (χ1v) is 20.5. The third-order valence-corrected chi connectivity index (χ3v) is 16.4. The molecule has 3 aliphatic rings. The second-order valence-electron chi connectivity index (χ2n) is 16.2. The molecular formula is C35H61BrO4Si. The summed E-state index contributed by atoms with van der Waals surface area (Å²) in [5.41, 5.74) is 2.80. The van der Waals surface area contributed by atoms with Crippen molar-refractivity contribution in [3.8, 4) is 0 Å². The summed E-state index contributed by atoms with van der Waals surface area (Å²) >= 11 is 3.28. The van der Waals surface area contributed by atoms with Gasteiger partial charge in [0.05, 0.1) is 11.7 Å². The molecule has 3 aliphatic carbocycles. The summed E-state index contributed by atoms with van der Waals surface area (Å²) in [7, 11) is -1.97. The minimum absolute atomic E-state index is 0.0691. The lowest BCUT2D eigenvalue weighted by Gasteiger charge is -2.45. The van der Waals surface area contributed by atoms with E-state index in [4.69, 9.17) is 9.16 Å². The Hall–Kier alpha value is -0.433. The molecule has 3 unspecified atom stereocenters. The number of ether oxygens (including phenoxy) is 1. The number of aliphatic hydroxyl groups is 1. The highest BCUT2D eigenvalue weighted by Crippen LogP contribution is 2.60. The van der Waals surface area contributed by atoms with Crippen LogP contribution in [-0.4, -0.2) is 42.5 Å². The van der Waals surface area contributed by atoms with Gasteiger partial charge in [-0.05, 0) is 93.7 Å². The summed E-state index contributed by atoms with van der Waals surface area (Å²) in [5.74, 6) is 2.23. The van der Waals surface area contributed by atoms with Gasteiger partial charge in [-0.1, -0.05) is 93.6 Å². The van der Waals surface area contributed by atoms with Crippen LogP contribution in [0.5, 0.6) is 0 Å². The molecule has 0 bridgehead atoms. The summed E-state index contributed by atoms with van der Waals surface area (Å²) in [5, 5.41) is 10.6. The highest BCUT2D eigenvalue weighted by Gasteiger charge is 2.50. The second-order valence-corrected chi connectivity index (χ2v) is 21.5. The molecule has 0 aromatic rings. The predicted molar refractivity (Wildman–Crippen MR) is 178 cm³/mol. The topological polar surface area (TPSA) is 55.8 Å². The van der Waals surface area contributed by atoms with Gasteiger partial charge < -0.3 is 14.3 Å². The molecule has 0 spiro atoms.